The molecule has 49 heavy (non-hydrogen) atoms. The zero-order chi connectivity index (χ0) is 35.6. The summed E-state index contributed by atoms with van der Waals surface area (Å²) in [6.45, 7) is 12.0. The highest BCUT2D eigenvalue weighted by Crippen LogP contribution is 2.27. The summed E-state index contributed by atoms with van der Waals surface area (Å²) < 4.78 is 11.4. The molecule has 0 radical (unpaired) electrons. The molecular weight excluding hydrogens is 618 g/mol. The highest BCUT2D eigenvalue weighted by atomic mass is 16.5. The van der Waals surface area contributed by atoms with E-state index in [-0.39, 0.29) is 24.0 Å². The fourth-order valence-electron chi connectivity index (χ4n) is 5.34. The Morgan fingerprint density at radius 3 is 2.08 bits per heavy atom. The lowest BCUT2D eigenvalue weighted by atomic mass is 9.85. The number of amides is 1. The fourth-order valence-corrected chi connectivity index (χ4v) is 5.34. The summed E-state index contributed by atoms with van der Waals surface area (Å²) in [5.41, 5.74) is 2.36. The number of Topliss-reactive ketones (excluding diaryl/α,β-unsaturated/α-hetero) is 1. The Morgan fingerprint density at radius 1 is 0.837 bits per heavy atom. The minimum absolute atomic E-state index is 0.0602. The maximum atomic E-state index is 13.4. The number of carbonyl (C=O) groups excluding carboxylic acids is 2. The number of carboxylic acids is 1. The molecule has 0 saturated carbocycles. The van der Waals surface area contributed by atoms with Gasteiger partial charge in [-0.2, -0.15) is 4.98 Å². The number of ketones is 1. The first-order valence-corrected chi connectivity index (χ1v) is 17.1. The maximum Gasteiger partial charge on any atom is 0.328 e. The molecular formula is C40H49N3O6. The standard InChI is InChI=1S/C40H49N3O6/c1-7-8-9-10-11-24-48-33-22-18-30(19-23-33)37-41-35(43-49-37)29-14-12-27(13-15-29)25-31(36(45)42-40(5,6)38(46)47)26-34(44)28-16-20-32(21-17-28)39(2,3)4/h12-23,31H,7-11,24-26H2,1-6H3,(H,42,45)(H,46,47)/t31-/m1/s1. The van der Waals surface area contributed by atoms with Gasteiger partial charge in [-0.15, -0.1) is 0 Å². The molecule has 4 rings (SSSR count). The molecule has 260 valence electrons. The van der Waals surface area contributed by atoms with Crippen molar-refractivity contribution in [2.75, 3.05) is 6.61 Å². The highest BCUT2D eigenvalue weighted by molar-refractivity contribution is 5.99. The van der Waals surface area contributed by atoms with Crippen molar-refractivity contribution in [3.8, 4) is 28.6 Å². The molecule has 2 N–H and O–H groups in total. The number of nitrogens with zero attached hydrogens (tertiary/aromatic N) is 2. The number of nitrogens with one attached hydrogen (secondary N) is 1. The van der Waals surface area contributed by atoms with Gasteiger partial charge < -0.3 is 19.7 Å². The number of aromatic nitrogens is 2. The predicted octanol–water partition coefficient (Wildman–Crippen LogP) is 8.46. The van der Waals surface area contributed by atoms with E-state index in [2.05, 4.69) is 43.2 Å². The molecule has 0 aliphatic carbocycles. The Morgan fingerprint density at radius 2 is 1.47 bits per heavy atom. The normalized spacial score (nSPS) is 12.4. The van der Waals surface area contributed by atoms with Gasteiger partial charge in [0.2, 0.25) is 11.7 Å². The van der Waals surface area contributed by atoms with Crippen LogP contribution < -0.4 is 10.1 Å². The molecule has 4 aromatic rings. The first-order chi connectivity index (χ1) is 23.3. The molecule has 0 bridgehead atoms. The van der Waals surface area contributed by atoms with Crippen LogP contribution in [0.1, 0.15) is 102 Å². The number of unbranched alkanes of at least 4 members (excludes halogenated alkanes) is 4. The number of hydrogen-bond donors (Lipinski definition) is 2. The van der Waals surface area contributed by atoms with E-state index >= 15 is 0 Å². The van der Waals surface area contributed by atoms with Gasteiger partial charge in [0, 0.05) is 29.0 Å². The van der Waals surface area contributed by atoms with Crippen molar-refractivity contribution in [2.24, 2.45) is 5.92 Å². The second-order valence-corrected chi connectivity index (χ2v) is 14.2. The van der Waals surface area contributed by atoms with Crippen LogP contribution in [-0.4, -0.2) is 45.1 Å². The number of carbonyl (C=O) groups is 3. The first-order valence-electron chi connectivity index (χ1n) is 17.1. The van der Waals surface area contributed by atoms with Gasteiger partial charge in [-0.25, -0.2) is 4.79 Å². The molecule has 0 spiro atoms. The summed E-state index contributed by atoms with van der Waals surface area (Å²) in [6, 6.07) is 22.4. The third-order valence-corrected chi connectivity index (χ3v) is 8.58. The van der Waals surface area contributed by atoms with Gasteiger partial charge in [0.1, 0.15) is 11.3 Å². The summed E-state index contributed by atoms with van der Waals surface area (Å²) in [4.78, 5) is 43.1. The van der Waals surface area contributed by atoms with Crippen LogP contribution in [-0.2, 0) is 21.4 Å². The van der Waals surface area contributed by atoms with E-state index in [0.29, 0.717) is 23.9 Å². The van der Waals surface area contributed by atoms with E-state index in [9.17, 15) is 19.5 Å². The van der Waals surface area contributed by atoms with Crippen molar-refractivity contribution in [1.29, 1.82) is 0 Å². The third kappa shape index (κ3) is 10.6. The van der Waals surface area contributed by atoms with Crippen molar-refractivity contribution >= 4 is 17.7 Å². The largest absolute Gasteiger partial charge is 0.494 e. The van der Waals surface area contributed by atoms with Gasteiger partial charge in [0.05, 0.1) is 6.61 Å². The smallest absolute Gasteiger partial charge is 0.328 e. The van der Waals surface area contributed by atoms with E-state index in [4.69, 9.17) is 9.26 Å². The lowest BCUT2D eigenvalue weighted by Gasteiger charge is -2.25. The molecule has 1 amide bonds. The molecule has 1 aromatic heterocycles. The van der Waals surface area contributed by atoms with Gasteiger partial charge in [0.25, 0.3) is 5.89 Å². The van der Waals surface area contributed by atoms with Crippen molar-refractivity contribution in [3.63, 3.8) is 0 Å². The molecule has 0 unspecified atom stereocenters. The van der Waals surface area contributed by atoms with E-state index < -0.39 is 23.3 Å². The quantitative estimate of drug-likeness (QED) is 0.0847. The van der Waals surface area contributed by atoms with E-state index in [1.807, 2.05) is 60.7 Å². The Kier molecular flexibility index (Phi) is 12.5. The number of rotatable bonds is 17. The van der Waals surface area contributed by atoms with E-state index in [1.165, 1.54) is 39.5 Å². The van der Waals surface area contributed by atoms with Gasteiger partial charge >= 0.3 is 5.97 Å². The van der Waals surface area contributed by atoms with Crippen LogP contribution in [0.15, 0.2) is 77.3 Å². The number of hydrogen-bond acceptors (Lipinski definition) is 7. The summed E-state index contributed by atoms with van der Waals surface area (Å²) in [5.74, 6) is -1.03. The Balaban J connectivity index is 1.43. The monoisotopic (exact) mass is 667 g/mol. The van der Waals surface area contributed by atoms with E-state index in [1.54, 1.807) is 12.1 Å². The van der Waals surface area contributed by atoms with Crippen LogP contribution in [0.4, 0.5) is 0 Å². The molecule has 0 aliphatic rings. The molecule has 1 atom stereocenters. The minimum Gasteiger partial charge on any atom is -0.494 e. The average molecular weight is 668 g/mol. The SMILES string of the molecule is CCCCCCCOc1ccc(-c2nc(-c3ccc(C[C@H](CC(=O)c4ccc(C(C)(C)C)cc4)C(=O)NC(C)(C)C(=O)O)cc3)no2)cc1. The minimum atomic E-state index is -1.49. The lowest BCUT2D eigenvalue weighted by molar-refractivity contribution is -0.146. The van der Waals surface area contributed by atoms with Crippen molar-refractivity contribution < 1.29 is 28.8 Å². The van der Waals surface area contributed by atoms with Crippen molar-refractivity contribution in [1.82, 2.24) is 15.5 Å². The molecule has 0 saturated heterocycles. The summed E-state index contributed by atoms with van der Waals surface area (Å²) in [6.07, 6.45) is 6.09. The zero-order valence-corrected chi connectivity index (χ0v) is 29.5. The van der Waals surface area contributed by atoms with Crippen molar-refractivity contribution in [3.05, 3.63) is 89.5 Å². The molecule has 9 heteroatoms. The first kappa shape index (κ1) is 37.0. The van der Waals surface area contributed by atoms with Gasteiger partial charge in [-0.05, 0) is 67.5 Å². The fraction of sp³-hybridized carbons (Fsp3) is 0.425. The predicted molar refractivity (Wildman–Crippen MR) is 191 cm³/mol. The topological polar surface area (TPSA) is 132 Å². The van der Waals surface area contributed by atoms with Crippen LogP contribution in [0.5, 0.6) is 5.75 Å². The molecule has 3 aromatic carbocycles. The number of benzene rings is 3. The number of carboxylic acid groups (broad SMARTS) is 1. The van der Waals surface area contributed by atoms with E-state index in [0.717, 1.165) is 34.4 Å². The number of ether oxygens (including phenoxy) is 1. The van der Waals surface area contributed by atoms with Crippen LogP contribution in [0, 0.1) is 5.92 Å². The molecule has 9 nitrogen and oxygen atoms in total. The molecule has 1 heterocycles. The average Bonchev–Trinajstić information content (AvgIpc) is 3.56. The van der Waals surface area contributed by atoms with Gasteiger partial charge in [0.15, 0.2) is 5.78 Å². The second-order valence-electron chi connectivity index (χ2n) is 14.2. The molecule has 0 fully saturated rings. The zero-order valence-electron chi connectivity index (χ0n) is 29.5. The summed E-state index contributed by atoms with van der Waals surface area (Å²) in [5, 5.41) is 16.4. The summed E-state index contributed by atoms with van der Waals surface area (Å²) in [7, 11) is 0. The van der Waals surface area contributed by atoms with Crippen molar-refractivity contribution in [2.45, 2.75) is 97.4 Å². The van der Waals surface area contributed by atoms with Crippen LogP contribution in [0.25, 0.3) is 22.8 Å². The second kappa shape index (κ2) is 16.5. The number of aliphatic carboxylic acids is 1. The van der Waals surface area contributed by atoms with Crippen LogP contribution >= 0.6 is 0 Å². The summed E-state index contributed by atoms with van der Waals surface area (Å²) >= 11 is 0. The van der Waals surface area contributed by atoms with Gasteiger partial charge in [-0.1, -0.05) is 107 Å². The maximum absolute atomic E-state index is 13.4. The third-order valence-electron chi connectivity index (χ3n) is 8.58. The lowest BCUT2D eigenvalue weighted by Crippen LogP contribution is -2.52. The molecule has 0 aliphatic heterocycles. The van der Waals surface area contributed by atoms with Gasteiger partial charge in [-0.3, -0.25) is 9.59 Å². The van der Waals surface area contributed by atoms with Crippen LogP contribution in [0.2, 0.25) is 0 Å². The highest BCUT2D eigenvalue weighted by Gasteiger charge is 2.33. The Labute approximate surface area is 289 Å². The van der Waals surface area contributed by atoms with Crippen LogP contribution in [0.3, 0.4) is 0 Å². The Bertz CT molecular complexity index is 1680. The Hall–Kier alpha value is -4.79.